The molecule has 0 radical (unpaired) electrons. The Morgan fingerprint density at radius 2 is 2.00 bits per heavy atom. The van der Waals surface area contributed by atoms with Gasteiger partial charge in [0.15, 0.2) is 0 Å². The van der Waals surface area contributed by atoms with Gasteiger partial charge in [-0.2, -0.15) is 0 Å². The maximum absolute atomic E-state index is 8.64. The van der Waals surface area contributed by atoms with Crippen LogP contribution in [-0.4, -0.2) is 39.0 Å². The van der Waals surface area contributed by atoms with Gasteiger partial charge >= 0.3 is 0 Å². The second kappa shape index (κ2) is 7.09. The predicted octanol–water partition coefficient (Wildman–Crippen LogP) is 0.828. The number of nitrogens with one attached hydrogen (secondary N) is 1. The van der Waals surface area contributed by atoms with Crippen molar-refractivity contribution in [3.63, 3.8) is 0 Å². The summed E-state index contributed by atoms with van der Waals surface area (Å²) in [4.78, 5) is 0. The molecule has 1 rings (SSSR count). The zero-order chi connectivity index (χ0) is 11.8. The molecule has 0 aliphatic rings. The van der Waals surface area contributed by atoms with Gasteiger partial charge in [0.25, 0.3) is 0 Å². The molecule has 0 amide bonds. The van der Waals surface area contributed by atoms with Crippen LogP contribution in [0, 0.1) is 0 Å². The quantitative estimate of drug-likeness (QED) is 0.675. The Balaban J connectivity index is 2.60. The molecule has 0 spiro atoms. The van der Waals surface area contributed by atoms with Crippen molar-refractivity contribution >= 4 is 0 Å². The number of methoxy groups -OCH3 is 2. The Hall–Kier alpha value is -1.26. The van der Waals surface area contributed by atoms with Crippen LogP contribution in [0.3, 0.4) is 0 Å². The van der Waals surface area contributed by atoms with E-state index < -0.39 is 0 Å². The smallest absolute Gasteiger partial charge is 0.122 e. The molecule has 0 saturated carbocycles. The van der Waals surface area contributed by atoms with Crippen molar-refractivity contribution in [2.75, 3.05) is 33.9 Å². The Morgan fingerprint density at radius 1 is 1.19 bits per heavy atom. The normalized spacial score (nSPS) is 10.2. The molecule has 4 heteroatoms. The van der Waals surface area contributed by atoms with Gasteiger partial charge in [-0.15, -0.1) is 0 Å². The van der Waals surface area contributed by atoms with Crippen LogP contribution in [0.2, 0.25) is 0 Å². The van der Waals surface area contributed by atoms with Gasteiger partial charge < -0.3 is 19.9 Å². The Morgan fingerprint density at radius 3 is 2.62 bits per heavy atom. The minimum absolute atomic E-state index is 0.162. The monoisotopic (exact) mass is 225 g/mol. The summed E-state index contributed by atoms with van der Waals surface area (Å²) >= 11 is 0. The summed E-state index contributed by atoms with van der Waals surface area (Å²) in [5.41, 5.74) is 1.10. The highest BCUT2D eigenvalue weighted by atomic mass is 16.5. The zero-order valence-electron chi connectivity index (χ0n) is 9.82. The van der Waals surface area contributed by atoms with Crippen LogP contribution in [0.5, 0.6) is 11.5 Å². The van der Waals surface area contributed by atoms with E-state index in [9.17, 15) is 0 Å². The molecule has 16 heavy (non-hydrogen) atoms. The summed E-state index contributed by atoms with van der Waals surface area (Å²) in [6.07, 6.45) is 0.848. The molecule has 2 N–H and O–H groups in total. The van der Waals surface area contributed by atoms with Gasteiger partial charge in [-0.3, -0.25) is 0 Å². The summed E-state index contributed by atoms with van der Waals surface area (Å²) < 4.78 is 10.4. The molecule has 0 fully saturated rings. The van der Waals surface area contributed by atoms with Gasteiger partial charge in [-0.05, 0) is 36.7 Å². The lowest BCUT2D eigenvalue weighted by Crippen LogP contribution is -2.21. The third kappa shape index (κ3) is 3.72. The van der Waals surface area contributed by atoms with Crippen LogP contribution in [-0.2, 0) is 6.42 Å². The Kier molecular flexibility index (Phi) is 5.67. The van der Waals surface area contributed by atoms with Crippen LogP contribution < -0.4 is 14.8 Å². The summed E-state index contributed by atoms with van der Waals surface area (Å²) in [6.45, 7) is 1.59. The molecule has 90 valence electrons. The molecule has 0 aliphatic carbocycles. The van der Waals surface area contributed by atoms with E-state index >= 15 is 0 Å². The van der Waals surface area contributed by atoms with Crippen molar-refractivity contribution in [3.05, 3.63) is 23.8 Å². The third-order valence-corrected chi connectivity index (χ3v) is 2.35. The van der Waals surface area contributed by atoms with E-state index in [-0.39, 0.29) is 6.61 Å². The molecule has 0 atom stereocenters. The SMILES string of the molecule is COc1ccc(OC)c(CCNCCO)c1. The fourth-order valence-electron chi connectivity index (χ4n) is 1.50. The Bertz CT molecular complexity index is 315. The molecule has 0 aromatic heterocycles. The van der Waals surface area contributed by atoms with Crippen molar-refractivity contribution in [1.82, 2.24) is 5.32 Å². The largest absolute Gasteiger partial charge is 0.497 e. The van der Waals surface area contributed by atoms with Crippen molar-refractivity contribution in [1.29, 1.82) is 0 Å². The lowest BCUT2D eigenvalue weighted by atomic mass is 10.1. The van der Waals surface area contributed by atoms with Gasteiger partial charge in [0.1, 0.15) is 11.5 Å². The number of aliphatic hydroxyl groups excluding tert-OH is 1. The first-order valence-corrected chi connectivity index (χ1v) is 5.34. The summed E-state index contributed by atoms with van der Waals surface area (Å²) in [5.74, 6) is 1.70. The first kappa shape index (κ1) is 12.8. The molecule has 1 aromatic carbocycles. The Labute approximate surface area is 96.2 Å². The zero-order valence-corrected chi connectivity index (χ0v) is 9.82. The van der Waals surface area contributed by atoms with Crippen LogP contribution in [0.15, 0.2) is 18.2 Å². The average Bonchev–Trinajstić information content (AvgIpc) is 2.34. The van der Waals surface area contributed by atoms with E-state index in [1.165, 1.54) is 0 Å². The van der Waals surface area contributed by atoms with Crippen molar-refractivity contribution in [3.8, 4) is 11.5 Å². The van der Waals surface area contributed by atoms with Crippen molar-refractivity contribution in [2.24, 2.45) is 0 Å². The number of benzene rings is 1. The van der Waals surface area contributed by atoms with Gasteiger partial charge in [0.05, 0.1) is 20.8 Å². The van der Waals surface area contributed by atoms with E-state index in [2.05, 4.69) is 5.32 Å². The standard InChI is InChI=1S/C12H19NO3/c1-15-11-3-4-12(16-2)10(9-11)5-6-13-7-8-14/h3-4,9,13-14H,5-8H2,1-2H3. The second-order valence-electron chi connectivity index (χ2n) is 3.40. The number of rotatable bonds is 7. The van der Waals surface area contributed by atoms with Crippen LogP contribution >= 0.6 is 0 Å². The van der Waals surface area contributed by atoms with Gasteiger partial charge in [0, 0.05) is 6.54 Å². The maximum Gasteiger partial charge on any atom is 0.122 e. The van der Waals surface area contributed by atoms with Gasteiger partial charge in [0.2, 0.25) is 0 Å². The first-order valence-electron chi connectivity index (χ1n) is 5.34. The molecule has 0 saturated heterocycles. The summed E-state index contributed by atoms with van der Waals surface area (Å²) in [7, 11) is 3.31. The molecular formula is C12H19NO3. The van der Waals surface area contributed by atoms with E-state index in [0.717, 1.165) is 30.0 Å². The predicted molar refractivity (Wildman–Crippen MR) is 63.2 cm³/mol. The minimum Gasteiger partial charge on any atom is -0.497 e. The van der Waals surface area contributed by atoms with Crippen LogP contribution in [0.4, 0.5) is 0 Å². The molecule has 4 nitrogen and oxygen atoms in total. The molecule has 0 unspecified atom stereocenters. The number of ether oxygens (including phenoxy) is 2. The van der Waals surface area contributed by atoms with E-state index in [1.807, 2.05) is 18.2 Å². The highest BCUT2D eigenvalue weighted by Crippen LogP contribution is 2.23. The lowest BCUT2D eigenvalue weighted by Gasteiger charge is -2.10. The molecular weight excluding hydrogens is 206 g/mol. The number of hydrogen-bond donors (Lipinski definition) is 2. The van der Waals surface area contributed by atoms with Gasteiger partial charge in [-0.25, -0.2) is 0 Å². The lowest BCUT2D eigenvalue weighted by molar-refractivity contribution is 0.292. The van der Waals surface area contributed by atoms with E-state index in [4.69, 9.17) is 14.6 Å². The molecule has 0 heterocycles. The molecule has 1 aromatic rings. The van der Waals surface area contributed by atoms with E-state index in [1.54, 1.807) is 14.2 Å². The molecule has 0 bridgehead atoms. The average molecular weight is 225 g/mol. The van der Waals surface area contributed by atoms with Crippen molar-refractivity contribution in [2.45, 2.75) is 6.42 Å². The number of aliphatic hydroxyl groups is 1. The molecule has 0 aliphatic heterocycles. The van der Waals surface area contributed by atoms with Crippen molar-refractivity contribution < 1.29 is 14.6 Å². The maximum atomic E-state index is 8.64. The topological polar surface area (TPSA) is 50.7 Å². The highest BCUT2D eigenvalue weighted by molar-refractivity contribution is 5.40. The highest BCUT2D eigenvalue weighted by Gasteiger charge is 2.04. The second-order valence-corrected chi connectivity index (χ2v) is 3.40. The van der Waals surface area contributed by atoms with Crippen LogP contribution in [0.1, 0.15) is 5.56 Å². The fourth-order valence-corrected chi connectivity index (χ4v) is 1.50. The van der Waals surface area contributed by atoms with E-state index in [0.29, 0.717) is 6.54 Å². The fraction of sp³-hybridized carbons (Fsp3) is 0.500. The number of hydrogen-bond acceptors (Lipinski definition) is 4. The minimum atomic E-state index is 0.162. The summed E-state index contributed by atoms with van der Waals surface area (Å²) in [5, 5.41) is 11.8. The first-order chi connectivity index (χ1) is 7.81. The van der Waals surface area contributed by atoms with Gasteiger partial charge in [-0.1, -0.05) is 0 Å². The van der Waals surface area contributed by atoms with Crippen LogP contribution in [0.25, 0.3) is 0 Å². The third-order valence-electron chi connectivity index (χ3n) is 2.35. The summed E-state index contributed by atoms with van der Waals surface area (Å²) in [6, 6.07) is 5.75.